The van der Waals surface area contributed by atoms with Crippen molar-refractivity contribution >= 4 is 11.6 Å². The summed E-state index contributed by atoms with van der Waals surface area (Å²) in [5, 5.41) is 0.236. The Hall–Kier alpha value is -0.600. The lowest BCUT2D eigenvalue weighted by Crippen LogP contribution is -1.96. The predicted octanol–water partition coefficient (Wildman–Crippen LogP) is 2.79. The van der Waals surface area contributed by atoms with Gasteiger partial charge in [0.2, 0.25) is 0 Å². The molecule has 0 amide bonds. The third-order valence-electron chi connectivity index (χ3n) is 1.08. The quantitative estimate of drug-likeness (QED) is 0.599. The van der Waals surface area contributed by atoms with E-state index < -0.39 is 5.83 Å². The van der Waals surface area contributed by atoms with Crippen LogP contribution in [0.4, 0.5) is 4.39 Å². The molecule has 0 spiro atoms. The van der Waals surface area contributed by atoms with Gasteiger partial charge in [0, 0.05) is 17.7 Å². The predicted molar refractivity (Wildman–Crippen MR) is 45.2 cm³/mol. The van der Waals surface area contributed by atoms with Crippen molar-refractivity contribution in [1.29, 1.82) is 0 Å². The molecule has 0 unspecified atom stereocenters. The van der Waals surface area contributed by atoms with E-state index in [1.165, 1.54) is 13.2 Å². The fraction of sp³-hybridized carbons (Fsp3) is 0.250. The SMILES string of the molecule is C=C/C(Cl)=C(/COC)C(=C)F. The Morgan fingerprint density at radius 3 is 2.55 bits per heavy atom. The molecule has 0 aliphatic carbocycles. The summed E-state index contributed by atoms with van der Waals surface area (Å²) >= 11 is 5.59. The first-order valence-corrected chi connectivity index (χ1v) is 3.36. The maximum Gasteiger partial charge on any atom is 0.123 e. The van der Waals surface area contributed by atoms with Crippen molar-refractivity contribution < 1.29 is 9.13 Å². The van der Waals surface area contributed by atoms with Crippen LogP contribution >= 0.6 is 11.6 Å². The standard InChI is InChI=1S/C8H10ClFO/c1-4-8(9)7(5-11-3)6(2)10/h4H,1-2,5H2,3H3/b8-7+. The Morgan fingerprint density at radius 1 is 1.73 bits per heavy atom. The maximum absolute atomic E-state index is 12.5. The first kappa shape index (κ1) is 10.4. The summed E-state index contributed by atoms with van der Waals surface area (Å²) in [6.45, 7) is 6.61. The lowest BCUT2D eigenvalue weighted by Gasteiger charge is -2.03. The van der Waals surface area contributed by atoms with E-state index in [0.29, 0.717) is 0 Å². The van der Waals surface area contributed by atoms with Crippen LogP contribution in [0.2, 0.25) is 0 Å². The largest absolute Gasteiger partial charge is 0.380 e. The fourth-order valence-electron chi connectivity index (χ4n) is 0.544. The molecule has 0 aliphatic heterocycles. The first-order chi connectivity index (χ1) is 5.13. The highest BCUT2D eigenvalue weighted by Gasteiger charge is 2.05. The Kier molecular flexibility index (Phi) is 4.83. The number of hydrogen-bond acceptors (Lipinski definition) is 1. The molecule has 0 fully saturated rings. The maximum atomic E-state index is 12.5. The van der Waals surface area contributed by atoms with Gasteiger partial charge in [-0.15, -0.1) is 0 Å². The molecule has 0 saturated carbocycles. The van der Waals surface area contributed by atoms with Crippen molar-refractivity contribution in [3.63, 3.8) is 0 Å². The van der Waals surface area contributed by atoms with E-state index in [2.05, 4.69) is 13.2 Å². The normalized spacial score (nSPS) is 12.3. The smallest absolute Gasteiger partial charge is 0.123 e. The number of methoxy groups -OCH3 is 1. The second kappa shape index (κ2) is 5.10. The fourth-order valence-corrected chi connectivity index (χ4v) is 0.701. The zero-order chi connectivity index (χ0) is 8.85. The molecular weight excluding hydrogens is 167 g/mol. The number of hydrogen-bond donors (Lipinski definition) is 0. The van der Waals surface area contributed by atoms with E-state index in [9.17, 15) is 4.39 Å². The molecule has 0 bridgehead atoms. The van der Waals surface area contributed by atoms with Gasteiger partial charge in [0.25, 0.3) is 0 Å². The van der Waals surface area contributed by atoms with Crippen LogP contribution in [0.5, 0.6) is 0 Å². The summed E-state index contributed by atoms with van der Waals surface area (Å²) in [5.41, 5.74) is 0.240. The molecule has 0 radical (unpaired) electrons. The van der Waals surface area contributed by atoms with Crippen molar-refractivity contribution in [2.75, 3.05) is 13.7 Å². The topological polar surface area (TPSA) is 9.23 Å². The molecule has 0 N–H and O–H groups in total. The number of rotatable bonds is 4. The molecule has 0 aliphatic rings. The van der Waals surface area contributed by atoms with Crippen LogP contribution in [-0.2, 0) is 4.74 Å². The molecular formula is C8H10ClFO. The Bertz CT molecular complexity index is 196. The first-order valence-electron chi connectivity index (χ1n) is 2.98. The van der Waals surface area contributed by atoms with Gasteiger partial charge < -0.3 is 4.74 Å². The van der Waals surface area contributed by atoms with Crippen LogP contribution in [0, 0.1) is 0 Å². The summed E-state index contributed by atoms with van der Waals surface area (Å²) in [7, 11) is 1.45. The molecule has 0 aromatic carbocycles. The average molecular weight is 177 g/mol. The zero-order valence-electron chi connectivity index (χ0n) is 6.36. The zero-order valence-corrected chi connectivity index (χ0v) is 7.12. The second-order valence-corrected chi connectivity index (χ2v) is 2.28. The van der Waals surface area contributed by atoms with E-state index in [-0.39, 0.29) is 17.2 Å². The van der Waals surface area contributed by atoms with E-state index in [1.54, 1.807) is 0 Å². The van der Waals surface area contributed by atoms with Gasteiger partial charge >= 0.3 is 0 Å². The Labute approximate surface area is 70.8 Å². The summed E-state index contributed by atoms with van der Waals surface area (Å²) in [6.07, 6.45) is 1.35. The third kappa shape index (κ3) is 3.35. The van der Waals surface area contributed by atoms with Crippen molar-refractivity contribution in [3.05, 3.63) is 35.7 Å². The van der Waals surface area contributed by atoms with Crippen LogP contribution < -0.4 is 0 Å². The van der Waals surface area contributed by atoms with Crippen LogP contribution in [0.25, 0.3) is 0 Å². The summed E-state index contributed by atoms with van der Waals surface area (Å²) in [6, 6.07) is 0. The highest BCUT2D eigenvalue weighted by Crippen LogP contribution is 2.18. The number of ether oxygens (including phenoxy) is 1. The monoisotopic (exact) mass is 176 g/mol. The number of halogens is 2. The molecule has 62 valence electrons. The van der Waals surface area contributed by atoms with Gasteiger partial charge in [-0.2, -0.15) is 0 Å². The summed E-state index contributed by atoms with van der Waals surface area (Å²) in [5.74, 6) is -0.586. The highest BCUT2D eigenvalue weighted by molar-refractivity contribution is 6.31. The summed E-state index contributed by atoms with van der Waals surface area (Å²) < 4.78 is 17.2. The van der Waals surface area contributed by atoms with Crippen LogP contribution in [0.1, 0.15) is 0 Å². The minimum absolute atomic E-state index is 0.111. The van der Waals surface area contributed by atoms with E-state index in [4.69, 9.17) is 16.3 Å². The van der Waals surface area contributed by atoms with Crippen LogP contribution in [0.3, 0.4) is 0 Å². The molecule has 3 heteroatoms. The van der Waals surface area contributed by atoms with Crippen molar-refractivity contribution in [2.24, 2.45) is 0 Å². The molecule has 0 rings (SSSR count). The second-order valence-electron chi connectivity index (χ2n) is 1.87. The van der Waals surface area contributed by atoms with Crippen LogP contribution in [-0.4, -0.2) is 13.7 Å². The minimum atomic E-state index is -0.586. The van der Waals surface area contributed by atoms with Crippen LogP contribution in [0.15, 0.2) is 35.7 Å². The van der Waals surface area contributed by atoms with E-state index in [1.807, 2.05) is 0 Å². The molecule has 0 aromatic rings. The Morgan fingerprint density at radius 2 is 2.27 bits per heavy atom. The van der Waals surface area contributed by atoms with Gasteiger partial charge in [0.1, 0.15) is 5.83 Å². The lowest BCUT2D eigenvalue weighted by molar-refractivity contribution is 0.224. The van der Waals surface area contributed by atoms with Crippen molar-refractivity contribution in [3.8, 4) is 0 Å². The average Bonchev–Trinajstić information content (AvgIpc) is 1.98. The van der Waals surface area contributed by atoms with Gasteiger partial charge in [-0.05, 0) is 0 Å². The Balaban J connectivity index is 4.56. The minimum Gasteiger partial charge on any atom is -0.380 e. The van der Waals surface area contributed by atoms with E-state index in [0.717, 1.165) is 0 Å². The molecule has 0 atom stereocenters. The summed E-state index contributed by atoms with van der Waals surface area (Å²) in [4.78, 5) is 0. The molecule has 11 heavy (non-hydrogen) atoms. The van der Waals surface area contributed by atoms with Crippen molar-refractivity contribution in [1.82, 2.24) is 0 Å². The molecule has 1 nitrogen and oxygen atoms in total. The van der Waals surface area contributed by atoms with Gasteiger partial charge in [0.05, 0.1) is 6.61 Å². The van der Waals surface area contributed by atoms with Gasteiger partial charge in [-0.25, -0.2) is 4.39 Å². The molecule has 0 heterocycles. The van der Waals surface area contributed by atoms with E-state index >= 15 is 0 Å². The van der Waals surface area contributed by atoms with Gasteiger partial charge in [-0.3, -0.25) is 0 Å². The number of allylic oxidation sites excluding steroid dienone is 2. The molecule has 0 saturated heterocycles. The lowest BCUT2D eigenvalue weighted by atomic mass is 10.2. The molecule has 0 aromatic heterocycles. The van der Waals surface area contributed by atoms with Gasteiger partial charge in [0.15, 0.2) is 0 Å². The highest BCUT2D eigenvalue weighted by atomic mass is 35.5. The third-order valence-corrected chi connectivity index (χ3v) is 1.47. The van der Waals surface area contributed by atoms with Crippen molar-refractivity contribution in [2.45, 2.75) is 0 Å². The van der Waals surface area contributed by atoms with Gasteiger partial charge in [-0.1, -0.05) is 30.8 Å².